The standard InChI is InChI=1S/C17H16N2O2/c1-12-8-10-14(11-9-12)16-18-17(21-19-16)13(2)20-15-6-4-3-5-7-15/h3-11,13H,1-2H3. The minimum Gasteiger partial charge on any atom is -0.481 e. The van der Waals surface area contributed by atoms with Crippen molar-refractivity contribution in [2.45, 2.75) is 20.0 Å². The summed E-state index contributed by atoms with van der Waals surface area (Å²) in [6.45, 7) is 3.93. The molecule has 1 atom stereocenters. The predicted molar refractivity (Wildman–Crippen MR) is 80.0 cm³/mol. The normalized spacial score (nSPS) is 12.1. The highest BCUT2D eigenvalue weighted by Gasteiger charge is 2.16. The molecule has 0 N–H and O–H groups in total. The Labute approximate surface area is 123 Å². The van der Waals surface area contributed by atoms with E-state index in [-0.39, 0.29) is 6.10 Å². The first-order chi connectivity index (χ1) is 10.2. The molecule has 0 saturated carbocycles. The van der Waals surface area contributed by atoms with Gasteiger partial charge in [0.2, 0.25) is 5.82 Å². The summed E-state index contributed by atoms with van der Waals surface area (Å²) < 4.78 is 11.1. The maximum atomic E-state index is 5.77. The molecule has 1 heterocycles. The van der Waals surface area contributed by atoms with Crippen LogP contribution in [0.5, 0.6) is 5.75 Å². The number of benzene rings is 2. The van der Waals surface area contributed by atoms with Gasteiger partial charge in [-0.15, -0.1) is 0 Å². The van der Waals surface area contributed by atoms with Crippen LogP contribution in [0.2, 0.25) is 0 Å². The summed E-state index contributed by atoms with van der Waals surface area (Å²) in [4.78, 5) is 4.40. The van der Waals surface area contributed by atoms with Crippen molar-refractivity contribution in [1.29, 1.82) is 0 Å². The highest BCUT2D eigenvalue weighted by Crippen LogP contribution is 2.23. The van der Waals surface area contributed by atoms with E-state index in [0.717, 1.165) is 11.3 Å². The molecule has 0 bridgehead atoms. The minimum atomic E-state index is -0.293. The molecule has 0 radical (unpaired) electrons. The Balaban J connectivity index is 1.76. The van der Waals surface area contributed by atoms with Gasteiger partial charge in [0.25, 0.3) is 5.89 Å². The summed E-state index contributed by atoms with van der Waals surface area (Å²) in [7, 11) is 0. The van der Waals surface area contributed by atoms with Crippen LogP contribution in [0.3, 0.4) is 0 Å². The molecule has 0 spiro atoms. The van der Waals surface area contributed by atoms with Crippen LogP contribution in [-0.4, -0.2) is 10.1 Å². The number of hydrogen-bond acceptors (Lipinski definition) is 4. The number of aryl methyl sites for hydroxylation is 1. The third-order valence-corrected chi connectivity index (χ3v) is 3.16. The van der Waals surface area contributed by atoms with Gasteiger partial charge in [0.1, 0.15) is 5.75 Å². The Hall–Kier alpha value is -2.62. The molecule has 3 aromatic rings. The maximum absolute atomic E-state index is 5.77. The Bertz CT molecular complexity index is 705. The highest BCUT2D eigenvalue weighted by molar-refractivity contribution is 5.54. The van der Waals surface area contributed by atoms with Crippen LogP contribution in [0.25, 0.3) is 11.4 Å². The SMILES string of the molecule is Cc1ccc(-c2noc(C(C)Oc3ccccc3)n2)cc1. The van der Waals surface area contributed by atoms with Gasteiger partial charge in [-0.2, -0.15) is 4.98 Å². The van der Waals surface area contributed by atoms with Crippen LogP contribution in [-0.2, 0) is 0 Å². The third kappa shape index (κ3) is 3.11. The van der Waals surface area contributed by atoms with Gasteiger partial charge in [-0.05, 0) is 26.0 Å². The summed E-state index contributed by atoms with van der Waals surface area (Å²) in [6.07, 6.45) is -0.293. The summed E-state index contributed by atoms with van der Waals surface area (Å²) in [5, 5.41) is 4.01. The Morgan fingerprint density at radius 2 is 1.71 bits per heavy atom. The molecule has 2 aromatic carbocycles. The fourth-order valence-electron chi connectivity index (χ4n) is 1.97. The zero-order valence-corrected chi connectivity index (χ0v) is 12.0. The van der Waals surface area contributed by atoms with Gasteiger partial charge in [0, 0.05) is 5.56 Å². The fourth-order valence-corrected chi connectivity index (χ4v) is 1.97. The van der Waals surface area contributed by atoms with Crippen LogP contribution in [0.1, 0.15) is 24.5 Å². The van der Waals surface area contributed by atoms with E-state index in [1.54, 1.807) is 0 Å². The molecule has 1 aromatic heterocycles. The smallest absolute Gasteiger partial charge is 0.267 e. The number of para-hydroxylation sites is 1. The van der Waals surface area contributed by atoms with Crippen LogP contribution in [0.15, 0.2) is 59.1 Å². The van der Waals surface area contributed by atoms with Gasteiger partial charge in [-0.3, -0.25) is 0 Å². The van der Waals surface area contributed by atoms with Crippen molar-refractivity contribution in [2.24, 2.45) is 0 Å². The van der Waals surface area contributed by atoms with Crippen molar-refractivity contribution in [3.05, 3.63) is 66.1 Å². The third-order valence-electron chi connectivity index (χ3n) is 3.16. The zero-order valence-electron chi connectivity index (χ0n) is 12.0. The predicted octanol–water partition coefficient (Wildman–Crippen LogP) is 4.19. The van der Waals surface area contributed by atoms with Crippen molar-refractivity contribution < 1.29 is 9.26 Å². The van der Waals surface area contributed by atoms with E-state index in [4.69, 9.17) is 9.26 Å². The van der Waals surface area contributed by atoms with Crippen molar-refractivity contribution in [1.82, 2.24) is 10.1 Å². The molecule has 21 heavy (non-hydrogen) atoms. The lowest BCUT2D eigenvalue weighted by Crippen LogP contribution is -2.03. The van der Waals surface area contributed by atoms with E-state index in [2.05, 4.69) is 10.1 Å². The molecular formula is C17H16N2O2. The molecule has 0 fully saturated rings. The summed E-state index contributed by atoms with van der Waals surface area (Å²) >= 11 is 0. The van der Waals surface area contributed by atoms with Crippen LogP contribution < -0.4 is 4.74 Å². The number of nitrogens with zero attached hydrogens (tertiary/aromatic N) is 2. The molecule has 0 amide bonds. The average Bonchev–Trinajstić information content (AvgIpc) is 2.99. The van der Waals surface area contributed by atoms with Crippen LogP contribution in [0.4, 0.5) is 0 Å². The topological polar surface area (TPSA) is 48.2 Å². The van der Waals surface area contributed by atoms with Crippen LogP contribution >= 0.6 is 0 Å². The van der Waals surface area contributed by atoms with E-state index in [1.807, 2.05) is 68.4 Å². The van der Waals surface area contributed by atoms with Crippen molar-refractivity contribution in [3.8, 4) is 17.1 Å². The van der Waals surface area contributed by atoms with E-state index < -0.39 is 0 Å². The van der Waals surface area contributed by atoms with Crippen molar-refractivity contribution in [2.75, 3.05) is 0 Å². The average molecular weight is 280 g/mol. The minimum absolute atomic E-state index is 0.293. The monoisotopic (exact) mass is 280 g/mol. The maximum Gasteiger partial charge on any atom is 0.267 e. The number of hydrogen-bond donors (Lipinski definition) is 0. The second-order valence-electron chi connectivity index (χ2n) is 4.90. The van der Waals surface area contributed by atoms with Crippen molar-refractivity contribution in [3.63, 3.8) is 0 Å². The highest BCUT2D eigenvalue weighted by atomic mass is 16.5. The molecule has 0 aliphatic heterocycles. The first-order valence-electron chi connectivity index (χ1n) is 6.85. The largest absolute Gasteiger partial charge is 0.481 e. The van der Waals surface area contributed by atoms with Gasteiger partial charge in [0.15, 0.2) is 6.10 Å². The Morgan fingerprint density at radius 3 is 2.43 bits per heavy atom. The van der Waals surface area contributed by atoms with E-state index >= 15 is 0 Å². The van der Waals surface area contributed by atoms with Gasteiger partial charge in [-0.25, -0.2) is 0 Å². The molecule has 3 rings (SSSR count). The second kappa shape index (κ2) is 5.79. The molecule has 0 aliphatic rings. The number of aromatic nitrogens is 2. The number of rotatable bonds is 4. The first-order valence-corrected chi connectivity index (χ1v) is 6.85. The summed E-state index contributed by atoms with van der Waals surface area (Å²) in [5.41, 5.74) is 2.13. The lowest BCUT2D eigenvalue weighted by atomic mass is 10.1. The van der Waals surface area contributed by atoms with Gasteiger partial charge in [-0.1, -0.05) is 53.2 Å². The molecular weight excluding hydrogens is 264 g/mol. The Morgan fingerprint density at radius 1 is 1.00 bits per heavy atom. The lowest BCUT2D eigenvalue weighted by Gasteiger charge is -2.09. The molecule has 4 heteroatoms. The molecule has 4 nitrogen and oxygen atoms in total. The Kier molecular flexibility index (Phi) is 3.69. The van der Waals surface area contributed by atoms with Gasteiger partial charge in [0.05, 0.1) is 0 Å². The quantitative estimate of drug-likeness (QED) is 0.719. The first kappa shape index (κ1) is 13.4. The van der Waals surface area contributed by atoms with E-state index in [0.29, 0.717) is 11.7 Å². The van der Waals surface area contributed by atoms with Gasteiger partial charge < -0.3 is 9.26 Å². The molecule has 106 valence electrons. The molecule has 0 aliphatic carbocycles. The van der Waals surface area contributed by atoms with Gasteiger partial charge >= 0.3 is 0 Å². The van der Waals surface area contributed by atoms with E-state index in [1.165, 1.54) is 5.56 Å². The zero-order chi connectivity index (χ0) is 14.7. The summed E-state index contributed by atoms with van der Waals surface area (Å²) in [5.74, 6) is 1.82. The second-order valence-corrected chi connectivity index (χ2v) is 4.90. The number of ether oxygens (including phenoxy) is 1. The fraction of sp³-hybridized carbons (Fsp3) is 0.176. The molecule has 1 unspecified atom stereocenters. The lowest BCUT2D eigenvalue weighted by molar-refractivity contribution is 0.176. The summed E-state index contributed by atoms with van der Waals surface area (Å²) in [6, 6.07) is 17.6. The van der Waals surface area contributed by atoms with Crippen molar-refractivity contribution >= 4 is 0 Å². The van der Waals surface area contributed by atoms with Crippen LogP contribution in [0, 0.1) is 6.92 Å². The molecule has 0 saturated heterocycles. The van der Waals surface area contributed by atoms with E-state index in [9.17, 15) is 0 Å².